The standard InChI is InChI=1S/C16H21N3OS/c1-2-13-17-15(19-7-9-20-10-8-19)14-11-5-3-4-6-12(11)21-16(14)18-13/h2-10H2,1H3. The molecular weight excluding hydrogens is 282 g/mol. The van der Waals surface area contributed by atoms with Gasteiger partial charge in [0.2, 0.25) is 0 Å². The molecule has 1 aliphatic carbocycles. The fraction of sp³-hybridized carbons (Fsp3) is 0.625. The van der Waals surface area contributed by atoms with Crippen molar-refractivity contribution in [2.45, 2.75) is 39.0 Å². The summed E-state index contributed by atoms with van der Waals surface area (Å²) in [5.74, 6) is 2.14. The van der Waals surface area contributed by atoms with Crippen LogP contribution in [0.2, 0.25) is 0 Å². The van der Waals surface area contributed by atoms with Gasteiger partial charge in [0.25, 0.3) is 0 Å². The number of thiophene rings is 1. The Hall–Kier alpha value is -1.20. The highest BCUT2D eigenvalue weighted by atomic mass is 32.1. The summed E-state index contributed by atoms with van der Waals surface area (Å²) in [5.41, 5.74) is 1.53. The van der Waals surface area contributed by atoms with Gasteiger partial charge in [-0.15, -0.1) is 11.3 Å². The van der Waals surface area contributed by atoms with Gasteiger partial charge in [0, 0.05) is 24.4 Å². The van der Waals surface area contributed by atoms with Crippen LogP contribution in [0.4, 0.5) is 5.82 Å². The number of aryl methyl sites for hydroxylation is 3. The zero-order valence-corrected chi connectivity index (χ0v) is 13.3. The summed E-state index contributed by atoms with van der Waals surface area (Å²) in [6.45, 7) is 5.64. The van der Waals surface area contributed by atoms with Crippen molar-refractivity contribution in [2.24, 2.45) is 0 Å². The molecule has 4 rings (SSSR count). The van der Waals surface area contributed by atoms with Crippen LogP contribution in [0.15, 0.2) is 0 Å². The van der Waals surface area contributed by atoms with Gasteiger partial charge >= 0.3 is 0 Å². The highest BCUT2D eigenvalue weighted by Gasteiger charge is 2.24. The normalized spacial score (nSPS) is 19.0. The van der Waals surface area contributed by atoms with E-state index < -0.39 is 0 Å². The lowest BCUT2D eigenvalue weighted by atomic mass is 9.97. The number of ether oxygens (including phenoxy) is 1. The van der Waals surface area contributed by atoms with Crippen LogP contribution < -0.4 is 4.90 Å². The van der Waals surface area contributed by atoms with Gasteiger partial charge in [0.1, 0.15) is 16.5 Å². The van der Waals surface area contributed by atoms with Crippen molar-refractivity contribution in [1.82, 2.24) is 9.97 Å². The van der Waals surface area contributed by atoms with Crippen molar-refractivity contribution in [1.29, 1.82) is 0 Å². The molecule has 0 atom stereocenters. The molecule has 21 heavy (non-hydrogen) atoms. The van der Waals surface area contributed by atoms with E-state index >= 15 is 0 Å². The fourth-order valence-electron chi connectivity index (χ4n) is 3.34. The molecule has 3 heterocycles. The number of fused-ring (bicyclic) bond motifs is 3. The maximum Gasteiger partial charge on any atom is 0.141 e. The Morgan fingerprint density at radius 1 is 1.14 bits per heavy atom. The number of aromatic nitrogens is 2. The first-order valence-corrected chi connectivity index (χ1v) is 8.82. The highest BCUT2D eigenvalue weighted by molar-refractivity contribution is 7.19. The first-order valence-electron chi connectivity index (χ1n) is 8.00. The Labute approximate surface area is 129 Å². The summed E-state index contributed by atoms with van der Waals surface area (Å²) in [4.78, 5) is 14.8. The minimum Gasteiger partial charge on any atom is -0.378 e. The topological polar surface area (TPSA) is 38.2 Å². The van der Waals surface area contributed by atoms with Gasteiger partial charge in [0.05, 0.1) is 18.6 Å². The average Bonchev–Trinajstić information content (AvgIpc) is 2.93. The van der Waals surface area contributed by atoms with Crippen LogP contribution in [0.25, 0.3) is 10.2 Å². The Morgan fingerprint density at radius 3 is 2.76 bits per heavy atom. The molecule has 5 heteroatoms. The lowest BCUT2D eigenvalue weighted by Crippen LogP contribution is -2.37. The Morgan fingerprint density at radius 2 is 1.95 bits per heavy atom. The van der Waals surface area contributed by atoms with Crippen molar-refractivity contribution in [3.63, 3.8) is 0 Å². The first kappa shape index (κ1) is 13.5. The van der Waals surface area contributed by atoms with Crippen LogP contribution in [0.5, 0.6) is 0 Å². The lowest BCUT2D eigenvalue weighted by molar-refractivity contribution is 0.122. The molecule has 4 nitrogen and oxygen atoms in total. The van der Waals surface area contributed by atoms with Gasteiger partial charge in [-0.05, 0) is 31.2 Å². The molecule has 2 aliphatic rings. The van der Waals surface area contributed by atoms with Crippen molar-refractivity contribution in [3.8, 4) is 0 Å². The van der Waals surface area contributed by atoms with Crippen molar-refractivity contribution in [3.05, 3.63) is 16.3 Å². The Kier molecular flexibility index (Phi) is 3.55. The molecule has 0 aromatic carbocycles. The summed E-state index contributed by atoms with van der Waals surface area (Å²) in [5, 5.41) is 1.34. The van der Waals surface area contributed by atoms with Gasteiger partial charge < -0.3 is 9.64 Å². The first-order chi connectivity index (χ1) is 10.4. The van der Waals surface area contributed by atoms with E-state index in [1.54, 1.807) is 4.88 Å². The summed E-state index contributed by atoms with van der Waals surface area (Å²) in [6.07, 6.45) is 5.94. The second-order valence-electron chi connectivity index (χ2n) is 5.81. The maximum absolute atomic E-state index is 5.50. The van der Waals surface area contributed by atoms with E-state index in [-0.39, 0.29) is 0 Å². The minimum absolute atomic E-state index is 0.805. The molecule has 0 radical (unpaired) electrons. The van der Waals surface area contributed by atoms with Crippen LogP contribution in [-0.4, -0.2) is 36.3 Å². The molecule has 1 aliphatic heterocycles. The van der Waals surface area contributed by atoms with Crippen LogP contribution in [0.1, 0.15) is 36.0 Å². The zero-order valence-electron chi connectivity index (χ0n) is 12.5. The molecule has 0 N–H and O–H groups in total. The SMILES string of the molecule is CCc1nc(N2CCOCC2)c2c3c(sc2n1)CCCC3. The molecule has 1 saturated heterocycles. The molecule has 0 unspecified atom stereocenters. The molecule has 0 spiro atoms. The minimum atomic E-state index is 0.805. The second-order valence-corrected chi connectivity index (χ2v) is 6.89. The molecule has 0 saturated carbocycles. The van der Waals surface area contributed by atoms with Gasteiger partial charge in [-0.3, -0.25) is 0 Å². The fourth-order valence-corrected chi connectivity index (χ4v) is 4.62. The summed E-state index contributed by atoms with van der Waals surface area (Å²) in [6, 6.07) is 0. The van der Waals surface area contributed by atoms with E-state index in [0.29, 0.717) is 0 Å². The Balaban J connectivity index is 1.90. The molecule has 2 aromatic rings. The number of hydrogen-bond donors (Lipinski definition) is 0. The van der Waals surface area contributed by atoms with E-state index in [2.05, 4.69) is 11.8 Å². The average molecular weight is 303 g/mol. The third-order valence-corrected chi connectivity index (χ3v) is 5.65. The molecule has 0 bridgehead atoms. The predicted octanol–water partition coefficient (Wildman–Crippen LogP) is 2.97. The highest BCUT2D eigenvalue weighted by Crippen LogP contribution is 2.39. The summed E-state index contributed by atoms with van der Waals surface area (Å²) < 4.78 is 5.50. The smallest absolute Gasteiger partial charge is 0.141 e. The van der Waals surface area contributed by atoms with Gasteiger partial charge in [-0.2, -0.15) is 0 Å². The van der Waals surface area contributed by atoms with Crippen molar-refractivity contribution >= 4 is 27.4 Å². The van der Waals surface area contributed by atoms with E-state index in [1.807, 2.05) is 11.3 Å². The van der Waals surface area contributed by atoms with Crippen molar-refractivity contribution < 1.29 is 4.74 Å². The number of morpholine rings is 1. The summed E-state index contributed by atoms with van der Waals surface area (Å²) >= 11 is 1.90. The van der Waals surface area contributed by atoms with E-state index in [9.17, 15) is 0 Å². The number of hydrogen-bond acceptors (Lipinski definition) is 5. The summed E-state index contributed by atoms with van der Waals surface area (Å²) in [7, 11) is 0. The maximum atomic E-state index is 5.50. The lowest BCUT2D eigenvalue weighted by Gasteiger charge is -2.29. The number of anilines is 1. The van der Waals surface area contributed by atoms with E-state index in [0.717, 1.165) is 38.5 Å². The largest absolute Gasteiger partial charge is 0.378 e. The molecule has 2 aromatic heterocycles. The second kappa shape index (κ2) is 5.54. The van der Waals surface area contributed by atoms with Crippen LogP contribution in [0, 0.1) is 0 Å². The van der Waals surface area contributed by atoms with Gasteiger partial charge in [0.15, 0.2) is 0 Å². The van der Waals surface area contributed by atoms with Crippen molar-refractivity contribution in [2.75, 3.05) is 31.2 Å². The quantitative estimate of drug-likeness (QED) is 0.855. The van der Waals surface area contributed by atoms with E-state index in [4.69, 9.17) is 14.7 Å². The molecular formula is C16H21N3OS. The molecule has 1 fully saturated rings. The zero-order chi connectivity index (χ0) is 14.2. The van der Waals surface area contributed by atoms with Crippen LogP contribution in [-0.2, 0) is 24.0 Å². The monoisotopic (exact) mass is 303 g/mol. The third kappa shape index (κ3) is 2.32. The third-order valence-electron chi connectivity index (χ3n) is 4.47. The number of nitrogens with zero attached hydrogens (tertiary/aromatic N) is 3. The van der Waals surface area contributed by atoms with E-state index in [1.165, 1.54) is 47.3 Å². The van der Waals surface area contributed by atoms with Gasteiger partial charge in [-0.1, -0.05) is 6.92 Å². The molecule has 112 valence electrons. The number of rotatable bonds is 2. The van der Waals surface area contributed by atoms with Crippen LogP contribution >= 0.6 is 11.3 Å². The predicted molar refractivity (Wildman–Crippen MR) is 86.5 cm³/mol. The van der Waals surface area contributed by atoms with Crippen LogP contribution in [0.3, 0.4) is 0 Å². The Bertz CT molecular complexity index is 661. The molecule has 0 amide bonds. The van der Waals surface area contributed by atoms with Gasteiger partial charge in [-0.25, -0.2) is 9.97 Å².